The molecule has 1 aliphatic rings. The highest BCUT2D eigenvalue weighted by atomic mass is 16.3. The van der Waals surface area contributed by atoms with Gasteiger partial charge < -0.3 is 15.7 Å². The lowest BCUT2D eigenvalue weighted by atomic mass is 9.93. The third-order valence-corrected chi connectivity index (χ3v) is 3.16. The number of nitrogens with one attached hydrogen (secondary N) is 2. The Labute approximate surface area is 104 Å². The average Bonchev–Trinajstić information content (AvgIpc) is 2.25. The lowest BCUT2D eigenvalue weighted by Gasteiger charge is -2.28. The van der Waals surface area contributed by atoms with Crippen LogP contribution in [0.5, 0.6) is 0 Å². The maximum atomic E-state index is 11.9. The third-order valence-electron chi connectivity index (χ3n) is 3.16. The van der Waals surface area contributed by atoms with Gasteiger partial charge in [0.2, 0.25) is 5.91 Å². The van der Waals surface area contributed by atoms with Crippen molar-refractivity contribution in [3.05, 3.63) is 0 Å². The summed E-state index contributed by atoms with van der Waals surface area (Å²) in [6, 6.07) is 0. The van der Waals surface area contributed by atoms with E-state index in [1.165, 1.54) is 0 Å². The lowest BCUT2D eigenvalue weighted by molar-refractivity contribution is -0.126. The minimum absolute atomic E-state index is 0.0681. The molecule has 0 aliphatic carbocycles. The molecule has 0 aromatic carbocycles. The Bertz CT molecular complexity index is 246. The van der Waals surface area contributed by atoms with Crippen molar-refractivity contribution in [2.75, 3.05) is 19.6 Å². The van der Waals surface area contributed by atoms with E-state index in [0.29, 0.717) is 18.9 Å². The van der Waals surface area contributed by atoms with Gasteiger partial charge in [0.15, 0.2) is 0 Å². The normalized spacial score (nSPS) is 24.4. The van der Waals surface area contributed by atoms with E-state index in [-0.39, 0.29) is 11.8 Å². The topological polar surface area (TPSA) is 61.4 Å². The number of piperidine rings is 1. The molecule has 1 aliphatic heterocycles. The molecule has 17 heavy (non-hydrogen) atoms. The molecule has 1 heterocycles. The highest BCUT2D eigenvalue weighted by molar-refractivity contribution is 5.79. The number of amides is 1. The Morgan fingerprint density at radius 1 is 1.59 bits per heavy atom. The van der Waals surface area contributed by atoms with Crippen molar-refractivity contribution in [3.63, 3.8) is 0 Å². The predicted molar refractivity (Wildman–Crippen MR) is 68.7 cm³/mol. The monoisotopic (exact) mass is 242 g/mol. The van der Waals surface area contributed by atoms with Crippen LogP contribution in [0.2, 0.25) is 0 Å². The summed E-state index contributed by atoms with van der Waals surface area (Å²) in [5.74, 6) is 0.568. The van der Waals surface area contributed by atoms with Crippen LogP contribution in [0.4, 0.5) is 0 Å². The molecule has 2 atom stereocenters. The van der Waals surface area contributed by atoms with Gasteiger partial charge in [-0.1, -0.05) is 13.8 Å². The zero-order valence-corrected chi connectivity index (χ0v) is 11.3. The molecule has 4 nitrogen and oxygen atoms in total. The molecule has 0 bridgehead atoms. The minimum Gasteiger partial charge on any atom is -0.388 e. The molecule has 1 unspecified atom stereocenters. The molecule has 1 amide bonds. The van der Waals surface area contributed by atoms with Crippen molar-refractivity contribution in [1.82, 2.24) is 10.6 Å². The molecule has 0 saturated carbocycles. The van der Waals surface area contributed by atoms with Crippen LogP contribution in [-0.2, 0) is 4.79 Å². The Morgan fingerprint density at radius 3 is 2.82 bits per heavy atom. The van der Waals surface area contributed by atoms with E-state index in [2.05, 4.69) is 24.5 Å². The summed E-state index contributed by atoms with van der Waals surface area (Å²) in [5.41, 5.74) is -0.800. The predicted octanol–water partition coefficient (Wildman–Crippen LogP) is 0.899. The summed E-state index contributed by atoms with van der Waals surface area (Å²) in [7, 11) is 0. The number of rotatable bonds is 5. The molecule has 0 spiro atoms. The number of hydrogen-bond acceptors (Lipinski definition) is 3. The fourth-order valence-electron chi connectivity index (χ4n) is 2.45. The second-order valence-corrected chi connectivity index (χ2v) is 5.86. The molecule has 0 radical (unpaired) electrons. The number of carbonyl (C=O) groups excluding carboxylic acids is 1. The van der Waals surface area contributed by atoms with Crippen LogP contribution in [0.1, 0.15) is 40.0 Å². The van der Waals surface area contributed by atoms with Crippen LogP contribution in [-0.4, -0.2) is 36.2 Å². The highest BCUT2D eigenvalue weighted by Crippen LogP contribution is 2.16. The van der Waals surface area contributed by atoms with Gasteiger partial charge in [-0.25, -0.2) is 0 Å². The van der Waals surface area contributed by atoms with Gasteiger partial charge in [-0.05, 0) is 38.6 Å². The molecule has 0 aromatic heterocycles. The van der Waals surface area contributed by atoms with Crippen molar-refractivity contribution < 1.29 is 9.90 Å². The summed E-state index contributed by atoms with van der Waals surface area (Å²) in [6.07, 6.45) is 2.71. The van der Waals surface area contributed by atoms with Gasteiger partial charge >= 0.3 is 0 Å². The van der Waals surface area contributed by atoms with Crippen LogP contribution < -0.4 is 10.6 Å². The zero-order valence-electron chi connectivity index (χ0n) is 11.3. The summed E-state index contributed by atoms with van der Waals surface area (Å²) in [4.78, 5) is 11.9. The molecule has 4 heteroatoms. The van der Waals surface area contributed by atoms with E-state index < -0.39 is 5.60 Å². The van der Waals surface area contributed by atoms with Gasteiger partial charge in [-0.3, -0.25) is 4.79 Å². The van der Waals surface area contributed by atoms with Crippen LogP contribution in [0.25, 0.3) is 0 Å². The highest BCUT2D eigenvalue weighted by Gasteiger charge is 2.25. The first kappa shape index (κ1) is 14.5. The van der Waals surface area contributed by atoms with Crippen molar-refractivity contribution in [2.24, 2.45) is 11.8 Å². The smallest absolute Gasteiger partial charge is 0.224 e. The van der Waals surface area contributed by atoms with Crippen LogP contribution in [0, 0.1) is 11.8 Å². The summed E-state index contributed by atoms with van der Waals surface area (Å²) >= 11 is 0. The largest absolute Gasteiger partial charge is 0.388 e. The molecule has 1 saturated heterocycles. The Kier molecular flexibility index (Phi) is 5.40. The van der Waals surface area contributed by atoms with E-state index in [9.17, 15) is 9.90 Å². The minimum atomic E-state index is -0.800. The number of hydrogen-bond donors (Lipinski definition) is 3. The zero-order chi connectivity index (χ0) is 12.9. The first-order valence-electron chi connectivity index (χ1n) is 6.61. The van der Waals surface area contributed by atoms with Crippen molar-refractivity contribution in [3.8, 4) is 0 Å². The van der Waals surface area contributed by atoms with Gasteiger partial charge in [0.05, 0.1) is 11.5 Å². The number of carbonyl (C=O) groups is 1. The number of aliphatic hydroxyl groups is 1. The molecule has 0 aromatic rings. The summed E-state index contributed by atoms with van der Waals surface area (Å²) in [6.45, 7) is 8.04. The van der Waals surface area contributed by atoms with Crippen molar-refractivity contribution in [1.29, 1.82) is 0 Å². The van der Waals surface area contributed by atoms with Crippen molar-refractivity contribution in [2.45, 2.75) is 45.6 Å². The Morgan fingerprint density at radius 2 is 2.29 bits per heavy atom. The first-order chi connectivity index (χ1) is 7.91. The van der Waals surface area contributed by atoms with Gasteiger partial charge in [-0.15, -0.1) is 0 Å². The van der Waals surface area contributed by atoms with Gasteiger partial charge in [-0.2, -0.15) is 0 Å². The van der Waals surface area contributed by atoms with Crippen LogP contribution in [0.3, 0.4) is 0 Å². The van der Waals surface area contributed by atoms with E-state index in [1.807, 2.05) is 0 Å². The molecule has 3 N–H and O–H groups in total. The van der Waals surface area contributed by atoms with Crippen LogP contribution >= 0.6 is 0 Å². The van der Waals surface area contributed by atoms with Gasteiger partial charge in [0, 0.05) is 13.1 Å². The quantitative estimate of drug-likeness (QED) is 0.671. The second kappa shape index (κ2) is 6.36. The second-order valence-electron chi connectivity index (χ2n) is 5.86. The Hall–Kier alpha value is -0.610. The SMILES string of the molecule is CC(C)CC(C)(O)CNC(=O)[C@@H]1CCCNC1. The molecule has 1 fully saturated rings. The van der Waals surface area contributed by atoms with E-state index in [0.717, 1.165) is 25.9 Å². The van der Waals surface area contributed by atoms with E-state index in [1.54, 1.807) is 6.92 Å². The van der Waals surface area contributed by atoms with Gasteiger partial charge in [0.1, 0.15) is 0 Å². The van der Waals surface area contributed by atoms with Crippen molar-refractivity contribution >= 4 is 5.91 Å². The van der Waals surface area contributed by atoms with E-state index >= 15 is 0 Å². The lowest BCUT2D eigenvalue weighted by Crippen LogP contribution is -2.46. The fourth-order valence-corrected chi connectivity index (χ4v) is 2.45. The molecular formula is C13H26N2O2. The average molecular weight is 242 g/mol. The molecular weight excluding hydrogens is 216 g/mol. The van der Waals surface area contributed by atoms with Gasteiger partial charge in [0.25, 0.3) is 0 Å². The first-order valence-corrected chi connectivity index (χ1v) is 6.61. The maximum Gasteiger partial charge on any atom is 0.224 e. The fraction of sp³-hybridized carbons (Fsp3) is 0.923. The Balaban J connectivity index is 2.31. The summed E-state index contributed by atoms with van der Waals surface area (Å²) in [5, 5.41) is 16.2. The third kappa shape index (κ3) is 5.50. The molecule has 1 rings (SSSR count). The van der Waals surface area contributed by atoms with E-state index in [4.69, 9.17) is 0 Å². The standard InChI is InChI=1S/C13H26N2O2/c1-10(2)7-13(3,17)9-15-12(16)11-5-4-6-14-8-11/h10-11,14,17H,4-9H2,1-3H3,(H,15,16)/t11-,13?/m1/s1. The summed E-state index contributed by atoms with van der Waals surface area (Å²) < 4.78 is 0. The molecule has 100 valence electrons. The van der Waals surface area contributed by atoms with Crippen LogP contribution in [0.15, 0.2) is 0 Å². The maximum absolute atomic E-state index is 11.9.